The van der Waals surface area contributed by atoms with E-state index in [1.165, 1.54) is 25.7 Å². The summed E-state index contributed by atoms with van der Waals surface area (Å²) in [6.07, 6.45) is 6.94. The van der Waals surface area contributed by atoms with Crippen molar-refractivity contribution in [2.24, 2.45) is 12.5 Å². The molecule has 1 aliphatic carbocycles. The van der Waals surface area contributed by atoms with Gasteiger partial charge in [-0.05, 0) is 24.8 Å². The maximum Gasteiger partial charge on any atom is 0.0834 e. The average molecular weight is 256 g/mol. The number of hydrogen-bond acceptors (Lipinski definition) is 2. The summed E-state index contributed by atoms with van der Waals surface area (Å²) >= 11 is 6.29. The molecule has 0 aliphatic heterocycles. The molecule has 0 radical (unpaired) electrons. The zero-order valence-electron chi connectivity index (χ0n) is 11.0. The monoisotopic (exact) mass is 255 g/mol. The topological polar surface area (TPSA) is 29.9 Å². The van der Waals surface area contributed by atoms with E-state index in [2.05, 4.69) is 24.3 Å². The maximum absolute atomic E-state index is 6.29. The lowest BCUT2D eigenvalue weighted by Crippen LogP contribution is -2.36. The molecule has 1 N–H and O–H groups in total. The van der Waals surface area contributed by atoms with E-state index < -0.39 is 0 Å². The molecule has 1 fully saturated rings. The average Bonchev–Trinajstić information content (AvgIpc) is 2.85. The Labute approximate surface area is 109 Å². The predicted molar refractivity (Wildman–Crippen MR) is 71.2 cm³/mol. The van der Waals surface area contributed by atoms with Gasteiger partial charge < -0.3 is 5.32 Å². The van der Waals surface area contributed by atoms with E-state index in [1.54, 1.807) is 6.20 Å². The van der Waals surface area contributed by atoms with Crippen LogP contribution in [0.2, 0.25) is 5.02 Å². The van der Waals surface area contributed by atoms with Crippen LogP contribution >= 0.6 is 11.6 Å². The predicted octanol–water partition coefficient (Wildman–Crippen LogP) is 3.30. The molecule has 0 spiro atoms. The maximum atomic E-state index is 6.29. The van der Waals surface area contributed by atoms with Gasteiger partial charge in [-0.2, -0.15) is 5.10 Å². The Hall–Kier alpha value is -0.540. The van der Waals surface area contributed by atoms with Gasteiger partial charge in [-0.25, -0.2) is 0 Å². The molecular formula is C13H22ClN3. The number of rotatable bonds is 4. The van der Waals surface area contributed by atoms with Crippen molar-refractivity contribution < 1.29 is 0 Å². The third-order valence-electron chi connectivity index (χ3n) is 4.06. The molecule has 1 aromatic rings. The van der Waals surface area contributed by atoms with Crippen molar-refractivity contribution in [3.8, 4) is 0 Å². The van der Waals surface area contributed by atoms with Crippen LogP contribution in [0.25, 0.3) is 0 Å². The van der Waals surface area contributed by atoms with Crippen molar-refractivity contribution in [1.29, 1.82) is 0 Å². The molecule has 3 nitrogen and oxygen atoms in total. The SMILES string of the molecule is CCNC(c1c(Cl)cnn1C)C1(C)CCCC1. The molecule has 1 unspecified atom stereocenters. The Morgan fingerprint density at radius 3 is 2.65 bits per heavy atom. The van der Waals surface area contributed by atoms with Gasteiger partial charge in [0.1, 0.15) is 0 Å². The minimum absolute atomic E-state index is 0.313. The molecule has 0 aromatic carbocycles. The van der Waals surface area contributed by atoms with Crippen LogP contribution in [0.1, 0.15) is 51.3 Å². The fraction of sp³-hybridized carbons (Fsp3) is 0.769. The first-order valence-electron chi connectivity index (χ1n) is 6.49. The first-order chi connectivity index (χ1) is 8.08. The molecular weight excluding hydrogens is 234 g/mol. The second-order valence-corrected chi connectivity index (χ2v) is 5.76. The van der Waals surface area contributed by atoms with E-state index in [-0.39, 0.29) is 0 Å². The molecule has 2 rings (SSSR count). The van der Waals surface area contributed by atoms with Crippen LogP contribution < -0.4 is 5.32 Å². The zero-order valence-corrected chi connectivity index (χ0v) is 11.7. The summed E-state index contributed by atoms with van der Waals surface area (Å²) in [6.45, 7) is 5.48. The molecule has 1 saturated carbocycles. The summed E-state index contributed by atoms with van der Waals surface area (Å²) in [7, 11) is 1.98. The Bertz CT molecular complexity index is 361. The summed E-state index contributed by atoms with van der Waals surface area (Å²) in [5.41, 5.74) is 1.45. The van der Waals surface area contributed by atoms with Crippen molar-refractivity contribution in [2.45, 2.75) is 45.6 Å². The fourth-order valence-corrected chi connectivity index (χ4v) is 3.37. The molecule has 1 aliphatic rings. The third-order valence-corrected chi connectivity index (χ3v) is 4.35. The molecule has 0 amide bonds. The minimum atomic E-state index is 0.313. The van der Waals surface area contributed by atoms with Crippen LogP contribution in [0.4, 0.5) is 0 Å². The van der Waals surface area contributed by atoms with Gasteiger partial charge in [-0.1, -0.05) is 38.3 Å². The van der Waals surface area contributed by atoms with Gasteiger partial charge in [0.05, 0.1) is 23.0 Å². The number of halogens is 1. The van der Waals surface area contributed by atoms with Gasteiger partial charge in [0.25, 0.3) is 0 Å². The lowest BCUT2D eigenvalue weighted by molar-refractivity contribution is 0.217. The molecule has 96 valence electrons. The van der Waals surface area contributed by atoms with Crippen molar-refractivity contribution in [3.05, 3.63) is 16.9 Å². The van der Waals surface area contributed by atoms with E-state index in [9.17, 15) is 0 Å². The zero-order chi connectivity index (χ0) is 12.5. The quantitative estimate of drug-likeness (QED) is 0.895. The third kappa shape index (κ3) is 2.36. The highest BCUT2D eigenvalue weighted by molar-refractivity contribution is 6.31. The van der Waals surface area contributed by atoms with Crippen LogP contribution in [0.15, 0.2) is 6.20 Å². The highest BCUT2D eigenvalue weighted by Crippen LogP contribution is 2.48. The van der Waals surface area contributed by atoms with E-state index in [0.717, 1.165) is 17.3 Å². The highest BCUT2D eigenvalue weighted by atomic mass is 35.5. The second kappa shape index (κ2) is 4.99. The number of aromatic nitrogens is 2. The van der Waals surface area contributed by atoms with Crippen molar-refractivity contribution in [3.63, 3.8) is 0 Å². The van der Waals surface area contributed by atoms with Crippen molar-refractivity contribution in [2.75, 3.05) is 6.54 Å². The number of nitrogens with zero attached hydrogens (tertiary/aromatic N) is 2. The molecule has 17 heavy (non-hydrogen) atoms. The summed E-state index contributed by atoms with van der Waals surface area (Å²) in [5.74, 6) is 0. The molecule has 1 heterocycles. The summed E-state index contributed by atoms with van der Waals surface area (Å²) in [5, 5.41) is 8.65. The van der Waals surface area contributed by atoms with Gasteiger partial charge in [-0.15, -0.1) is 0 Å². The number of hydrogen-bond donors (Lipinski definition) is 1. The van der Waals surface area contributed by atoms with Crippen molar-refractivity contribution in [1.82, 2.24) is 15.1 Å². The first kappa shape index (κ1) is 12.9. The lowest BCUT2D eigenvalue weighted by atomic mass is 9.79. The van der Waals surface area contributed by atoms with Gasteiger partial charge in [-0.3, -0.25) is 4.68 Å². The Kier molecular flexibility index (Phi) is 3.79. The molecule has 0 bridgehead atoms. The van der Waals surface area contributed by atoms with E-state index in [4.69, 9.17) is 11.6 Å². The summed E-state index contributed by atoms with van der Waals surface area (Å²) < 4.78 is 1.92. The summed E-state index contributed by atoms with van der Waals surface area (Å²) in [6, 6.07) is 0.315. The van der Waals surface area contributed by atoms with Crippen LogP contribution in [-0.4, -0.2) is 16.3 Å². The second-order valence-electron chi connectivity index (χ2n) is 5.35. The van der Waals surface area contributed by atoms with Gasteiger partial charge >= 0.3 is 0 Å². The first-order valence-corrected chi connectivity index (χ1v) is 6.87. The van der Waals surface area contributed by atoms with E-state index >= 15 is 0 Å². The fourth-order valence-electron chi connectivity index (χ4n) is 3.09. The van der Waals surface area contributed by atoms with Crippen LogP contribution in [0.5, 0.6) is 0 Å². The van der Waals surface area contributed by atoms with Crippen LogP contribution in [0, 0.1) is 5.41 Å². The molecule has 0 saturated heterocycles. The smallest absolute Gasteiger partial charge is 0.0834 e. The lowest BCUT2D eigenvalue weighted by Gasteiger charge is -2.35. The molecule has 4 heteroatoms. The van der Waals surface area contributed by atoms with Gasteiger partial charge in [0.2, 0.25) is 0 Å². The Balaban J connectivity index is 2.35. The minimum Gasteiger partial charge on any atom is -0.308 e. The number of aryl methyl sites for hydroxylation is 1. The Morgan fingerprint density at radius 2 is 2.18 bits per heavy atom. The largest absolute Gasteiger partial charge is 0.308 e. The highest BCUT2D eigenvalue weighted by Gasteiger charge is 2.39. The van der Waals surface area contributed by atoms with Gasteiger partial charge in [0.15, 0.2) is 0 Å². The van der Waals surface area contributed by atoms with Crippen LogP contribution in [-0.2, 0) is 7.05 Å². The normalized spacial score (nSPS) is 20.7. The molecule has 1 atom stereocenters. The molecule has 1 aromatic heterocycles. The van der Waals surface area contributed by atoms with Gasteiger partial charge in [0, 0.05) is 7.05 Å². The van der Waals surface area contributed by atoms with Crippen LogP contribution in [0.3, 0.4) is 0 Å². The standard InChI is InChI=1S/C13H22ClN3/c1-4-15-12(13(2)7-5-6-8-13)11-10(14)9-16-17(11)3/h9,12,15H,4-8H2,1-3H3. The Morgan fingerprint density at radius 1 is 1.53 bits per heavy atom. The van der Waals surface area contributed by atoms with Crippen molar-refractivity contribution >= 4 is 11.6 Å². The van der Waals surface area contributed by atoms with E-state index in [1.807, 2.05) is 11.7 Å². The number of nitrogens with one attached hydrogen (secondary N) is 1. The van der Waals surface area contributed by atoms with E-state index in [0.29, 0.717) is 11.5 Å². The summed E-state index contributed by atoms with van der Waals surface area (Å²) in [4.78, 5) is 0.